The summed E-state index contributed by atoms with van der Waals surface area (Å²) in [6, 6.07) is 23.1. The van der Waals surface area contributed by atoms with Crippen LogP contribution in [0.1, 0.15) is 23.1 Å². The predicted octanol–water partition coefficient (Wildman–Crippen LogP) is 4.48. The molecule has 0 aromatic heterocycles. The highest BCUT2D eigenvalue weighted by Crippen LogP contribution is 2.49. The second kappa shape index (κ2) is 7.15. The number of ether oxygens (including phenoxy) is 1. The Labute approximate surface area is 162 Å². The number of hydrogen-bond donors (Lipinski definition) is 0. The van der Waals surface area contributed by atoms with Gasteiger partial charge in [0, 0.05) is 17.8 Å². The summed E-state index contributed by atoms with van der Waals surface area (Å²) in [5, 5.41) is 11.0. The Hall–Kier alpha value is -3.67. The van der Waals surface area contributed by atoms with Crippen LogP contribution in [0.4, 0.5) is 11.4 Å². The van der Waals surface area contributed by atoms with Gasteiger partial charge in [-0.1, -0.05) is 42.5 Å². The van der Waals surface area contributed by atoms with Crippen LogP contribution in [0.3, 0.4) is 0 Å². The van der Waals surface area contributed by atoms with E-state index in [4.69, 9.17) is 4.74 Å². The first-order chi connectivity index (χ1) is 13.6. The van der Waals surface area contributed by atoms with E-state index < -0.39 is 4.92 Å². The SMILES string of the molecule is COc1ccc(N2C(=O)[C@H](c3ccccc3)[C@H]2c2ccc([N+](=O)[O-])cc2)cc1. The third-order valence-electron chi connectivity index (χ3n) is 5.05. The lowest BCUT2D eigenvalue weighted by Crippen LogP contribution is -2.53. The minimum absolute atomic E-state index is 0.000260. The monoisotopic (exact) mass is 374 g/mol. The average molecular weight is 374 g/mol. The van der Waals surface area contributed by atoms with E-state index in [1.54, 1.807) is 24.1 Å². The molecule has 140 valence electrons. The Balaban J connectivity index is 1.74. The molecule has 0 spiro atoms. The van der Waals surface area contributed by atoms with Gasteiger partial charge in [0.2, 0.25) is 5.91 Å². The number of methoxy groups -OCH3 is 1. The van der Waals surface area contributed by atoms with Crippen LogP contribution in [0.2, 0.25) is 0 Å². The molecule has 0 bridgehead atoms. The Bertz CT molecular complexity index is 1000. The van der Waals surface area contributed by atoms with Gasteiger partial charge in [0.1, 0.15) is 5.75 Å². The van der Waals surface area contributed by atoms with E-state index in [9.17, 15) is 14.9 Å². The normalized spacial score (nSPS) is 18.5. The molecule has 4 rings (SSSR count). The summed E-state index contributed by atoms with van der Waals surface area (Å²) in [5.74, 6) is 0.382. The number of nitro groups is 1. The zero-order chi connectivity index (χ0) is 19.7. The quantitative estimate of drug-likeness (QED) is 0.375. The number of rotatable bonds is 5. The van der Waals surface area contributed by atoms with Gasteiger partial charge in [-0.25, -0.2) is 0 Å². The number of anilines is 1. The third kappa shape index (κ3) is 2.99. The van der Waals surface area contributed by atoms with Crippen LogP contribution in [0, 0.1) is 10.1 Å². The molecule has 1 aliphatic heterocycles. The second-order valence-electron chi connectivity index (χ2n) is 6.59. The van der Waals surface area contributed by atoms with Crippen LogP contribution in [0.25, 0.3) is 0 Å². The minimum Gasteiger partial charge on any atom is -0.497 e. The first kappa shape index (κ1) is 17.7. The number of non-ortho nitro benzene ring substituents is 1. The zero-order valence-corrected chi connectivity index (χ0v) is 15.2. The van der Waals surface area contributed by atoms with Gasteiger partial charge in [-0.2, -0.15) is 0 Å². The molecule has 1 amide bonds. The highest BCUT2D eigenvalue weighted by molar-refractivity contribution is 6.06. The summed E-state index contributed by atoms with van der Waals surface area (Å²) < 4.78 is 5.20. The Morgan fingerprint density at radius 1 is 0.893 bits per heavy atom. The van der Waals surface area contributed by atoms with E-state index in [-0.39, 0.29) is 23.6 Å². The minimum atomic E-state index is -0.425. The van der Waals surface area contributed by atoms with Crippen molar-refractivity contribution in [2.45, 2.75) is 12.0 Å². The second-order valence-corrected chi connectivity index (χ2v) is 6.59. The molecule has 28 heavy (non-hydrogen) atoms. The van der Waals surface area contributed by atoms with Gasteiger partial charge in [-0.3, -0.25) is 14.9 Å². The van der Waals surface area contributed by atoms with Crippen molar-refractivity contribution in [1.82, 2.24) is 0 Å². The van der Waals surface area contributed by atoms with Gasteiger partial charge in [-0.15, -0.1) is 0 Å². The standard InChI is InChI=1S/C22H18N2O4/c1-28-19-13-11-17(12-14-19)23-21(16-7-9-18(10-8-16)24(26)27)20(22(23)25)15-5-3-2-4-6-15/h2-14,20-21H,1H3/t20-,21-/m1/s1. The van der Waals surface area contributed by atoms with Crippen molar-refractivity contribution in [3.63, 3.8) is 0 Å². The van der Waals surface area contributed by atoms with E-state index in [0.29, 0.717) is 5.75 Å². The number of carbonyl (C=O) groups is 1. The van der Waals surface area contributed by atoms with Crippen molar-refractivity contribution >= 4 is 17.3 Å². The zero-order valence-electron chi connectivity index (χ0n) is 15.2. The van der Waals surface area contributed by atoms with Crippen LogP contribution in [0.15, 0.2) is 78.9 Å². The Morgan fingerprint density at radius 3 is 2.11 bits per heavy atom. The molecule has 0 unspecified atom stereocenters. The molecule has 0 aliphatic carbocycles. The number of β-lactam (4-membered cyclic amide) rings is 1. The van der Waals surface area contributed by atoms with Gasteiger partial charge in [0.05, 0.1) is 24.0 Å². The van der Waals surface area contributed by atoms with Gasteiger partial charge in [0.15, 0.2) is 0 Å². The fourth-order valence-corrected chi connectivity index (χ4v) is 3.64. The van der Waals surface area contributed by atoms with Crippen LogP contribution in [0.5, 0.6) is 5.75 Å². The summed E-state index contributed by atoms with van der Waals surface area (Å²) in [6.45, 7) is 0. The molecule has 0 N–H and O–H groups in total. The molecular formula is C22H18N2O4. The van der Waals surface area contributed by atoms with Crippen molar-refractivity contribution in [1.29, 1.82) is 0 Å². The molecular weight excluding hydrogens is 356 g/mol. The fourth-order valence-electron chi connectivity index (χ4n) is 3.64. The van der Waals surface area contributed by atoms with Crippen LogP contribution in [-0.2, 0) is 4.79 Å². The molecule has 1 heterocycles. The van der Waals surface area contributed by atoms with E-state index in [2.05, 4.69) is 0 Å². The van der Waals surface area contributed by atoms with E-state index in [0.717, 1.165) is 16.8 Å². The number of carbonyl (C=O) groups excluding carboxylic acids is 1. The van der Waals surface area contributed by atoms with Crippen molar-refractivity contribution in [2.75, 3.05) is 12.0 Å². The maximum Gasteiger partial charge on any atom is 0.269 e. The lowest BCUT2D eigenvalue weighted by atomic mass is 9.77. The predicted molar refractivity (Wildman–Crippen MR) is 106 cm³/mol. The molecule has 1 aliphatic rings. The van der Waals surface area contributed by atoms with Crippen LogP contribution >= 0.6 is 0 Å². The molecule has 3 aromatic carbocycles. The summed E-state index contributed by atoms with van der Waals surface area (Å²) >= 11 is 0. The van der Waals surface area contributed by atoms with Gasteiger partial charge in [-0.05, 0) is 35.4 Å². The van der Waals surface area contributed by atoms with Gasteiger partial charge < -0.3 is 9.64 Å². The first-order valence-electron chi connectivity index (χ1n) is 8.86. The van der Waals surface area contributed by atoms with Crippen LogP contribution in [-0.4, -0.2) is 17.9 Å². The highest BCUT2D eigenvalue weighted by atomic mass is 16.6. The first-order valence-corrected chi connectivity index (χ1v) is 8.86. The fraction of sp³-hybridized carbons (Fsp3) is 0.136. The van der Waals surface area contributed by atoms with E-state index in [1.165, 1.54) is 12.1 Å². The molecule has 0 saturated carbocycles. The third-order valence-corrected chi connectivity index (χ3v) is 5.05. The lowest BCUT2D eigenvalue weighted by Gasteiger charge is -2.47. The van der Waals surface area contributed by atoms with Crippen molar-refractivity contribution in [3.8, 4) is 5.75 Å². The summed E-state index contributed by atoms with van der Waals surface area (Å²) in [5.41, 5.74) is 2.58. The molecule has 1 fully saturated rings. The topological polar surface area (TPSA) is 72.7 Å². The Kier molecular flexibility index (Phi) is 4.53. The maximum atomic E-state index is 13.1. The summed E-state index contributed by atoms with van der Waals surface area (Å²) in [6.07, 6.45) is 0. The Morgan fingerprint density at radius 2 is 1.54 bits per heavy atom. The van der Waals surface area contributed by atoms with Crippen molar-refractivity contribution in [2.24, 2.45) is 0 Å². The smallest absolute Gasteiger partial charge is 0.269 e. The average Bonchev–Trinajstić information content (AvgIpc) is 2.73. The lowest BCUT2D eigenvalue weighted by molar-refractivity contribution is -0.384. The molecule has 2 atom stereocenters. The summed E-state index contributed by atoms with van der Waals surface area (Å²) in [7, 11) is 1.59. The molecule has 6 heteroatoms. The number of hydrogen-bond acceptors (Lipinski definition) is 4. The maximum absolute atomic E-state index is 13.1. The van der Waals surface area contributed by atoms with Crippen molar-refractivity contribution < 1.29 is 14.5 Å². The number of nitrogens with zero attached hydrogens (tertiary/aromatic N) is 2. The van der Waals surface area contributed by atoms with E-state index >= 15 is 0 Å². The van der Waals surface area contributed by atoms with E-state index in [1.807, 2.05) is 54.6 Å². The number of benzene rings is 3. The van der Waals surface area contributed by atoms with Gasteiger partial charge in [0.25, 0.3) is 5.69 Å². The van der Waals surface area contributed by atoms with Gasteiger partial charge >= 0.3 is 0 Å². The number of nitro benzene ring substituents is 1. The largest absolute Gasteiger partial charge is 0.497 e. The molecule has 1 saturated heterocycles. The van der Waals surface area contributed by atoms with Crippen molar-refractivity contribution in [3.05, 3.63) is 100 Å². The summed E-state index contributed by atoms with van der Waals surface area (Å²) in [4.78, 5) is 25.4. The molecule has 3 aromatic rings. The van der Waals surface area contributed by atoms with Crippen LogP contribution < -0.4 is 9.64 Å². The highest BCUT2D eigenvalue weighted by Gasteiger charge is 2.49. The molecule has 6 nitrogen and oxygen atoms in total. The molecule has 0 radical (unpaired) electrons. The number of amides is 1.